The number of rotatable bonds is 5. The van der Waals surface area contributed by atoms with Crippen LogP contribution in [0, 0.1) is 0 Å². The van der Waals surface area contributed by atoms with E-state index in [1.165, 1.54) is 0 Å². The molecule has 7 heteroatoms. The van der Waals surface area contributed by atoms with E-state index in [4.69, 9.17) is 34.3 Å². The number of thiocarbonyl (C=S) groups is 1. The van der Waals surface area contributed by atoms with Crippen LogP contribution in [0.25, 0.3) is 0 Å². The van der Waals surface area contributed by atoms with Crippen molar-refractivity contribution in [2.45, 2.75) is 6.42 Å². The molecule has 1 amide bonds. The summed E-state index contributed by atoms with van der Waals surface area (Å²) in [5.41, 5.74) is 7.04. The molecule has 1 saturated heterocycles. The zero-order chi connectivity index (χ0) is 15.2. The Balaban J connectivity index is 1.83. The average Bonchev–Trinajstić information content (AvgIpc) is 2.49. The third-order valence-electron chi connectivity index (χ3n) is 3.27. The van der Waals surface area contributed by atoms with Crippen LogP contribution in [0.4, 0.5) is 5.69 Å². The van der Waals surface area contributed by atoms with Crippen LogP contribution in [0.2, 0.25) is 5.02 Å². The molecule has 5 nitrogen and oxygen atoms in total. The molecular formula is C14H18ClN3O2S. The Hall–Kier alpha value is -1.37. The summed E-state index contributed by atoms with van der Waals surface area (Å²) in [5.74, 6) is 0.127. The van der Waals surface area contributed by atoms with Gasteiger partial charge in [-0.05, 0) is 18.2 Å². The molecule has 0 aliphatic carbocycles. The molecular weight excluding hydrogens is 310 g/mol. The van der Waals surface area contributed by atoms with Gasteiger partial charge < -0.3 is 20.7 Å². The summed E-state index contributed by atoms with van der Waals surface area (Å²) in [6, 6.07) is 5.34. The zero-order valence-electron chi connectivity index (χ0n) is 11.6. The van der Waals surface area contributed by atoms with Crippen LogP contribution in [0.15, 0.2) is 18.2 Å². The average molecular weight is 328 g/mol. The van der Waals surface area contributed by atoms with E-state index in [2.05, 4.69) is 5.32 Å². The van der Waals surface area contributed by atoms with E-state index in [9.17, 15) is 4.79 Å². The quantitative estimate of drug-likeness (QED) is 0.805. The predicted molar refractivity (Wildman–Crippen MR) is 87.8 cm³/mol. The Morgan fingerprint density at radius 2 is 2.14 bits per heavy atom. The molecule has 1 heterocycles. The Bertz CT molecular complexity index is 533. The van der Waals surface area contributed by atoms with E-state index in [-0.39, 0.29) is 5.91 Å². The SMILES string of the molecule is NC(=S)c1ccc(NCCC(=O)N2CCOCC2)c(Cl)c1. The van der Waals surface area contributed by atoms with E-state index in [1.807, 2.05) is 11.0 Å². The summed E-state index contributed by atoms with van der Waals surface area (Å²) < 4.78 is 5.22. The van der Waals surface area contributed by atoms with Crippen molar-refractivity contribution >= 4 is 40.4 Å². The Morgan fingerprint density at radius 1 is 1.43 bits per heavy atom. The first-order chi connectivity index (χ1) is 10.1. The maximum atomic E-state index is 12.0. The highest BCUT2D eigenvalue weighted by Gasteiger charge is 2.16. The van der Waals surface area contributed by atoms with Crippen LogP contribution < -0.4 is 11.1 Å². The molecule has 0 saturated carbocycles. The van der Waals surface area contributed by atoms with E-state index in [1.54, 1.807) is 12.1 Å². The van der Waals surface area contributed by atoms with Gasteiger partial charge in [0.25, 0.3) is 0 Å². The summed E-state index contributed by atoms with van der Waals surface area (Å²) in [6.45, 7) is 3.10. The van der Waals surface area contributed by atoms with Gasteiger partial charge in [0, 0.05) is 31.6 Å². The van der Waals surface area contributed by atoms with Crippen molar-refractivity contribution in [3.8, 4) is 0 Å². The van der Waals surface area contributed by atoms with Gasteiger partial charge in [0.15, 0.2) is 0 Å². The number of nitrogens with one attached hydrogen (secondary N) is 1. The lowest BCUT2D eigenvalue weighted by molar-refractivity contribution is -0.134. The molecule has 1 aromatic carbocycles. The highest BCUT2D eigenvalue weighted by atomic mass is 35.5. The Kier molecular flexibility index (Phi) is 5.78. The molecule has 0 unspecified atom stereocenters. The van der Waals surface area contributed by atoms with Crippen molar-refractivity contribution in [3.63, 3.8) is 0 Å². The number of amides is 1. The Labute approximate surface area is 134 Å². The normalized spacial score (nSPS) is 14.8. The standard InChI is InChI=1S/C14H18ClN3O2S/c15-11-9-10(14(16)21)1-2-12(11)17-4-3-13(19)18-5-7-20-8-6-18/h1-2,9,17H,3-8H2,(H2,16,21). The van der Waals surface area contributed by atoms with Crippen LogP contribution in [0.1, 0.15) is 12.0 Å². The number of anilines is 1. The van der Waals surface area contributed by atoms with Crippen LogP contribution >= 0.6 is 23.8 Å². The molecule has 2 rings (SSSR count). The molecule has 1 aliphatic heterocycles. The molecule has 3 N–H and O–H groups in total. The van der Waals surface area contributed by atoms with Gasteiger partial charge in [-0.15, -0.1) is 0 Å². The van der Waals surface area contributed by atoms with Crippen LogP contribution in [-0.4, -0.2) is 48.6 Å². The van der Waals surface area contributed by atoms with Crippen LogP contribution in [-0.2, 0) is 9.53 Å². The van der Waals surface area contributed by atoms with Crippen molar-refractivity contribution in [1.29, 1.82) is 0 Å². The number of carbonyl (C=O) groups excluding carboxylic acids is 1. The first-order valence-corrected chi connectivity index (χ1v) is 7.55. The van der Waals surface area contributed by atoms with Gasteiger partial charge in [-0.3, -0.25) is 4.79 Å². The molecule has 1 aliphatic rings. The van der Waals surface area contributed by atoms with E-state index in [0.29, 0.717) is 49.3 Å². The third kappa shape index (κ3) is 4.56. The summed E-state index contributed by atoms with van der Waals surface area (Å²) in [7, 11) is 0. The third-order valence-corrected chi connectivity index (χ3v) is 3.82. The number of ether oxygens (including phenoxy) is 1. The van der Waals surface area contributed by atoms with Crippen molar-refractivity contribution in [3.05, 3.63) is 28.8 Å². The van der Waals surface area contributed by atoms with Gasteiger partial charge in [-0.1, -0.05) is 23.8 Å². The number of nitrogens with two attached hydrogens (primary N) is 1. The van der Waals surface area contributed by atoms with Crippen molar-refractivity contribution in [2.75, 3.05) is 38.2 Å². The van der Waals surface area contributed by atoms with Crippen LogP contribution in [0.3, 0.4) is 0 Å². The second-order valence-corrected chi connectivity index (χ2v) is 5.58. The van der Waals surface area contributed by atoms with Gasteiger partial charge in [-0.25, -0.2) is 0 Å². The van der Waals surface area contributed by atoms with Gasteiger partial charge in [0.2, 0.25) is 5.91 Å². The smallest absolute Gasteiger partial charge is 0.224 e. The maximum Gasteiger partial charge on any atom is 0.224 e. The van der Waals surface area contributed by atoms with Gasteiger partial charge in [-0.2, -0.15) is 0 Å². The minimum Gasteiger partial charge on any atom is -0.389 e. The fourth-order valence-corrected chi connectivity index (χ4v) is 2.46. The van der Waals surface area contributed by atoms with Crippen LogP contribution in [0.5, 0.6) is 0 Å². The number of halogens is 1. The lowest BCUT2D eigenvalue weighted by atomic mass is 10.2. The number of carbonyl (C=O) groups is 1. The molecule has 0 radical (unpaired) electrons. The number of hydrogen-bond donors (Lipinski definition) is 2. The van der Waals surface area contributed by atoms with E-state index in [0.717, 1.165) is 11.3 Å². The second kappa shape index (κ2) is 7.59. The molecule has 21 heavy (non-hydrogen) atoms. The molecule has 0 aromatic heterocycles. The zero-order valence-corrected chi connectivity index (χ0v) is 13.2. The maximum absolute atomic E-state index is 12.0. The molecule has 0 atom stereocenters. The fraction of sp³-hybridized carbons (Fsp3) is 0.429. The number of nitrogens with zero attached hydrogens (tertiary/aromatic N) is 1. The lowest BCUT2D eigenvalue weighted by Crippen LogP contribution is -2.41. The monoisotopic (exact) mass is 327 g/mol. The van der Waals surface area contributed by atoms with Crippen molar-refractivity contribution in [2.24, 2.45) is 5.73 Å². The molecule has 1 fully saturated rings. The van der Waals surface area contributed by atoms with E-state index < -0.39 is 0 Å². The molecule has 114 valence electrons. The predicted octanol–water partition coefficient (Wildman–Crippen LogP) is 1.64. The van der Waals surface area contributed by atoms with Crippen molar-refractivity contribution in [1.82, 2.24) is 4.90 Å². The number of benzene rings is 1. The fourth-order valence-electron chi connectivity index (χ4n) is 2.09. The lowest BCUT2D eigenvalue weighted by Gasteiger charge is -2.27. The largest absolute Gasteiger partial charge is 0.389 e. The molecule has 1 aromatic rings. The summed E-state index contributed by atoms with van der Waals surface area (Å²) in [4.78, 5) is 14.1. The minimum absolute atomic E-state index is 0.127. The number of morpholine rings is 1. The highest BCUT2D eigenvalue weighted by Crippen LogP contribution is 2.23. The molecule has 0 bridgehead atoms. The first-order valence-electron chi connectivity index (χ1n) is 6.76. The Morgan fingerprint density at radius 3 is 2.76 bits per heavy atom. The van der Waals surface area contributed by atoms with Gasteiger partial charge in [0.05, 0.1) is 23.9 Å². The minimum atomic E-state index is 0.127. The van der Waals surface area contributed by atoms with E-state index >= 15 is 0 Å². The number of hydrogen-bond acceptors (Lipinski definition) is 4. The summed E-state index contributed by atoms with van der Waals surface area (Å²) in [6.07, 6.45) is 0.424. The second-order valence-electron chi connectivity index (χ2n) is 4.73. The van der Waals surface area contributed by atoms with Crippen molar-refractivity contribution < 1.29 is 9.53 Å². The van der Waals surface area contributed by atoms with Gasteiger partial charge >= 0.3 is 0 Å². The summed E-state index contributed by atoms with van der Waals surface area (Å²) in [5, 5.41) is 3.70. The van der Waals surface area contributed by atoms with Gasteiger partial charge in [0.1, 0.15) is 4.99 Å². The molecule has 0 spiro atoms. The topological polar surface area (TPSA) is 67.6 Å². The first kappa shape index (κ1) is 16.0. The highest BCUT2D eigenvalue weighted by molar-refractivity contribution is 7.80. The summed E-state index contributed by atoms with van der Waals surface area (Å²) >= 11 is 11.0.